The van der Waals surface area contributed by atoms with Gasteiger partial charge in [-0.25, -0.2) is 15.0 Å². The molecule has 4 heteroatoms. The summed E-state index contributed by atoms with van der Waals surface area (Å²) in [4.78, 5) is 14.7. The second-order valence-electron chi connectivity index (χ2n) is 14.2. The van der Waals surface area contributed by atoms with Gasteiger partial charge < -0.3 is 0 Å². The highest BCUT2D eigenvalue weighted by molar-refractivity contribution is 5.87. The zero-order valence-corrected chi connectivity index (χ0v) is 26.9. The fourth-order valence-corrected chi connectivity index (χ4v) is 9.38. The summed E-state index contributed by atoms with van der Waals surface area (Å²) in [5.74, 6) is 4.41. The fourth-order valence-electron chi connectivity index (χ4n) is 9.38. The summed E-state index contributed by atoms with van der Waals surface area (Å²) in [6.45, 7) is 0. The van der Waals surface area contributed by atoms with Crippen molar-refractivity contribution in [2.45, 2.75) is 43.9 Å². The summed E-state index contributed by atoms with van der Waals surface area (Å²) >= 11 is 0. The van der Waals surface area contributed by atoms with Crippen molar-refractivity contribution < 1.29 is 0 Å². The molecule has 10 rings (SSSR count). The van der Waals surface area contributed by atoms with E-state index in [4.69, 9.17) is 15.0 Å². The van der Waals surface area contributed by atoms with Crippen molar-refractivity contribution in [3.63, 3.8) is 0 Å². The molecule has 4 bridgehead atoms. The maximum atomic E-state index is 10.6. The van der Waals surface area contributed by atoms with Gasteiger partial charge in [0.15, 0.2) is 17.5 Å². The molecule has 0 amide bonds. The number of aromatic nitrogens is 3. The van der Waals surface area contributed by atoms with Gasteiger partial charge in [-0.1, -0.05) is 115 Å². The van der Waals surface area contributed by atoms with Crippen LogP contribution < -0.4 is 0 Å². The van der Waals surface area contributed by atoms with Gasteiger partial charge >= 0.3 is 0 Å². The summed E-state index contributed by atoms with van der Waals surface area (Å²) in [6, 6.07) is 46.4. The summed E-state index contributed by atoms with van der Waals surface area (Å²) in [6.07, 6.45) is 8.27. The van der Waals surface area contributed by atoms with Crippen LogP contribution >= 0.6 is 0 Å². The third-order valence-electron chi connectivity index (χ3n) is 11.1. The summed E-state index contributed by atoms with van der Waals surface area (Å²) in [7, 11) is 0. The van der Waals surface area contributed by atoms with Gasteiger partial charge in [-0.2, -0.15) is 5.26 Å². The zero-order chi connectivity index (χ0) is 32.1. The number of nitriles is 1. The SMILES string of the molecule is N#Cc1cc(-c2nc(-c3ccccc3)nc(-c3ccccc3)n2)ccc1-c1ccc(C23C[C@H]4C[C@@H](C2)C[C@@H](C3)C4)cc1-c1ccccc1. The van der Waals surface area contributed by atoms with Crippen LogP contribution in [-0.4, -0.2) is 15.0 Å². The summed E-state index contributed by atoms with van der Waals surface area (Å²) in [5, 5.41) is 10.6. The Balaban J connectivity index is 1.16. The molecule has 4 aliphatic carbocycles. The molecule has 5 aromatic carbocycles. The molecule has 0 N–H and O–H groups in total. The standard InChI is InChI=1S/C44H36N4/c45-28-36-23-35(43-47-41(33-12-6-2-7-13-33)46-42(48-43)34-14-8-3-9-15-34)16-18-38(36)39-19-17-37(24-40(39)32-10-4-1-5-11-32)44-25-29-20-30(26-44)22-31(21-29)27-44/h1-19,23-24,29-31H,20-22,25-27H2/t29-,30+,31-,44?. The highest BCUT2D eigenvalue weighted by Crippen LogP contribution is 2.61. The quantitative estimate of drug-likeness (QED) is 0.186. The van der Waals surface area contributed by atoms with E-state index in [-0.39, 0.29) is 0 Å². The first-order valence-electron chi connectivity index (χ1n) is 17.3. The Morgan fingerprint density at radius 3 is 1.48 bits per heavy atom. The number of rotatable bonds is 6. The number of nitrogens with zero attached hydrogens (tertiary/aromatic N) is 4. The van der Waals surface area contributed by atoms with Crippen molar-refractivity contribution >= 4 is 0 Å². The van der Waals surface area contributed by atoms with Crippen LogP contribution in [0.2, 0.25) is 0 Å². The molecule has 4 fully saturated rings. The molecule has 1 aromatic heterocycles. The molecule has 1 heterocycles. The minimum atomic E-state index is 0.296. The maximum Gasteiger partial charge on any atom is 0.164 e. The van der Waals surface area contributed by atoms with Crippen LogP contribution in [0.15, 0.2) is 127 Å². The third-order valence-corrected chi connectivity index (χ3v) is 11.1. The van der Waals surface area contributed by atoms with Crippen LogP contribution in [0.3, 0.4) is 0 Å². The molecule has 0 spiro atoms. The lowest BCUT2D eigenvalue weighted by molar-refractivity contribution is -0.00516. The fraction of sp³-hybridized carbons (Fsp3) is 0.227. The van der Waals surface area contributed by atoms with E-state index < -0.39 is 0 Å². The Morgan fingerprint density at radius 2 is 0.958 bits per heavy atom. The first kappa shape index (κ1) is 28.8. The smallest absolute Gasteiger partial charge is 0.164 e. The highest BCUT2D eigenvalue weighted by Gasteiger charge is 2.51. The second kappa shape index (κ2) is 11.7. The van der Waals surface area contributed by atoms with Crippen LogP contribution in [-0.2, 0) is 5.41 Å². The summed E-state index contributed by atoms with van der Waals surface area (Å²) in [5.41, 5.74) is 9.42. The lowest BCUT2D eigenvalue weighted by atomic mass is 9.48. The van der Waals surface area contributed by atoms with Crippen molar-refractivity contribution in [1.29, 1.82) is 5.26 Å². The molecule has 6 aromatic rings. The van der Waals surface area contributed by atoms with Crippen LogP contribution in [0.4, 0.5) is 0 Å². The monoisotopic (exact) mass is 620 g/mol. The number of hydrogen-bond donors (Lipinski definition) is 0. The molecular weight excluding hydrogens is 585 g/mol. The van der Waals surface area contributed by atoms with E-state index in [0.29, 0.717) is 28.5 Å². The molecule has 0 saturated heterocycles. The van der Waals surface area contributed by atoms with E-state index in [0.717, 1.165) is 45.6 Å². The molecule has 0 radical (unpaired) electrons. The first-order valence-corrected chi connectivity index (χ1v) is 17.3. The number of hydrogen-bond acceptors (Lipinski definition) is 4. The molecular formula is C44H36N4. The lowest BCUT2D eigenvalue weighted by Crippen LogP contribution is -2.48. The predicted molar refractivity (Wildman–Crippen MR) is 192 cm³/mol. The van der Waals surface area contributed by atoms with E-state index in [2.05, 4.69) is 66.7 Å². The van der Waals surface area contributed by atoms with Gasteiger partial charge in [-0.3, -0.25) is 0 Å². The van der Waals surface area contributed by atoms with Crippen molar-refractivity contribution in [3.05, 3.63) is 139 Å². The Bertz CT molecular complexity index is 2070. The molecule has 4 nitrogen and oxygen atoms in total. The van der Waals surface area contributed by atoms with Gasteiger partial charge in [0.1, 0.15) is 0 Å². The van der Waals surface area contributed by atoms with Gasteiger partial charge in [-0.15, -0.1) is 0 Å². The van der Waals surface area contributed by atoms with Crippen LogP contribution in [0.5, 0.6) is 0 Å². The Kier molecular flexibility index (Phi) is 7.01. The van der Waals surface area contributed by atoms with Crippen molar-refractivity contribution in [3.8, 4) is 62.5 Å². The average Bonchev–Trinajstić information content (AvgIpc) is 3.15. The van der Waals surface area contributed by atoms with E-state index in [1.54, 1.807) is 0 Å². The van der Waals surface area contributed by atoms with Gasteiger partial charge in [-0.05, 0) is 96.1 Å². The van der Waals surface area contributed by atoms with Crippen molar-refractivity contribution in [2.75, 3.05) is 0 Å². The second-order valence-corrected chi connectivity index (χ2v) is 14.2. The van der Waals surface area contributed by atoms with Gasteiger partial charge in [0.05, 0.1) is 11.6 Å². The van der Waals surface area contributed by atoms with Crippen LogP contribution in [0.1, 0.15) is 49.7 Å². The van der Waals surface area contributed by atoms with Gasteiger partial charge in [0.2, 0.25) is 0 Å². The molecule has 48 heavy (non-hydrogen) atoms. The number of benzene rings is 5. The molecule has 0 unspecified atom stereocenters. The Hall–Kier alpha value is -5.40. The van der Waals surface area contributed by atoms with E-state index >= 15 is 0 Å². The topological polar surface area (TPSA) is 62.5 Å². The van der Waals surface area contributed by atoms with Gasteiger partial charge in [0, 0.05) is 22.3 Å². The first-order chi connectivity index (χ1) is 23.6. The van der Waals surface area contributed by atoms with Crippen molar-refractivity contribution in [1.82, 2.24) is 15.0 Å². The van der Waals surface area contributed by atoms with Crippen molar-refractivity contribution in [2.24, 2.45) is 17.8 Å². The molecule has 4 aliphatic rings. The van der Waals surface area contributed by atoms with Gasteiger partial charge in [0.25, 0.3) is 0 Å². The largest absolute Gasteiger partial charge is 0.208 e. The van der Waals surface area contributed by atoms with E-state index in [1.807, 2.05) is 66.7 Å². The third kappa shape index (κ3) is 5.11. The molecule has 0 aliphatic heterocycles. The minimum absolute atomic E-state index is 0.296. The Morgan fingerprint density at radius 1 is 0.479 bits per heavy atom. The molecule has 232 valence electrons. The predicted octanol–water partition coefficient (Wildman–Crippen LogP) is 10.5. The summed E-state index contributed by atoms with van der Waals surface area (Å²) < 4.78 is 0. The zero-order valence-electron chi connectivity index (χ0n) is 26.9. The molecule has 4 saturated carbocycles. The van der Waals surface area contributed by atoms with E-state index in [1.165, 1.54) is 55.2 Å². The average molecular weight is 621 g/mol. The normalized spacial score (nSPS) is 22.4. The minimum Gasteiger partial charge on any atom is -0.208 e. The lowest BCUT2D eigenvalue weighted by Gasteiger charge is -2.57. The Labute approximate surface area is 282 Å². The van der Waals surface area contributed by atoms with E-state index in [9.17, 15) is 5.26 Å². The molecule has 0 atom stereocenters. The highest BCUT2D eigenvalue weighted by atomic mass is 15.0. The maximum absolute atomic E-state index is 10.6. The van der Waals surface area contributed by atoms with Crippen LogP contribution in [0, 0.1) is 29.1 Å². The van der Waals surface area contributed by atoms with Crippen LogP contribution in [0.25, 0.3) is 56.4 Å².